The van der Waals surface area contributed by atoms with Crippen LogP contribution in [0.2, 0.25) is 0 Å². The molecule has 0 aliphatic carbocycles. The molecule has 0 fully saturated rings. The van der Waals surface area contributed by atoms with Crippen molar-refractivity contribution in [1.82, 2.24) is 10.6 Å². The van der Waals surface area contributed by atoms with Gasteiger partial charge in [-0.3, -0.25) is 0 Å². The molecule has 3 N–H and O–H groups in total. The summed E-state index contributed by atoms with van der Waals surface area (Å²) >= 11 is 0. The Balaban J connectivity index is 3.84. The van der Waals surface area contributed by atoms with Crippen molar-refractivity contribution in [3.05, 3.63) is 0 Å². The van der Waals surface area contributed by atoms with Crippen LogP contribution in [-0.4, -0.2) is 42.9 Å². The molecule has 2 amide bonds. The van der Waals surface area contributed by atoms with E-state index in [1.807, 2.05) is 27.7 Å². The second-order valence-corrected chi connectivity index (χ2v) is 5.39. The third-order valence-electron chi connectivity index (χ3n) is 2.29. The molecular weight excluding hydrogens is 248 g/mol. The average Bonchev–Trinajstić information content (AvgIpc) is 2.26. The summed E-state index contributed by atoms with van der Waals surface area (Å²) in [5.74, 6) is -0.355. The normalized spacial score (nSPS) is 12.5. The van der Waals surface area contributed by atoms with Crippen molar-refractivity contribution < 1.29 is 19.4 Å². The summed E-state index contributed by atoms with van der Waals surface area (Å²) < 4.78 is 5.30. The maximum atomic E-state index is 11.5. The smallest absolute Gasteiger partial charge is 0.326 e. The number of carbonyl (C=O) groups is 2. The molecule has 0 aromatic rings. The van der Waals surface area contributed by atoms with E-state index in [0.717, 1.165) is 0 Å². The van der Waals surface area contributed by atoms with E-state index in [0.29, 0.717) is 32.1 Å². The average molecular weight is 274 g/mol. The van der Waals surface area contributed by atoms with Crippen molar-refractivity contribution in [2.45, 2.75) is 40.2 Å². The van der Waals surface area contributed by atoms with E-state index in [1.165, 1.54) is 0 Å². The van der Waals surface area contributed by atoms with Gasteiger partial charge in [0, 0.05) is 13.2 Å². The number of nitrogens with one attached hydrogen (secondary N) is 2. The summed E-state index contributed by atoms with van der Waals surface area (Å²) in [6.07, 6.45) is 0.409. The van der Waals surface area contributed by atoms with Crippen LogP contribution in [0, 0.1) is 11.8 Å². The highest BCUT2D eigenvalue weighted by atomic mass is 16.5. The molecule has 0 unspecified atom stereocenters. The van der Waals surface area contributed by atoms with Crippen LogP contribution in [0.15, 0.2) is 0 Å². The Labute approximate surface area is 114 Å². The first-order chi connectivity index (χ1) is 8.82. The van der Waals surface area contributed by atoms with Gasteiger partial charge < -0.3 is 20.5 Å². The molecule has 0 saturated carbocycles. The van der Waals surface area contributed by atoms with Crippen molar-refractivity contribution in [3.63, 3.8) is 0 Å². The minimum atomic E-state index is -1.01. The summed E-state index contributed by atoms with van der Waals surface area (Å²) in [6.45, 7) is 9.35. The van der Waals surface area contributed by atoms with Crippen LogP contribution >= 0.6 is 0 Å². The molecule has 0 aromatic carbocycles. The predicted molar refractivity (Wildman–Crippen MR) is 73.1 cm³/mol. The number of urea groups is 1. The van der Waals surface area contributed by atoms with Crippen LogP contribution in [-0.2, 0) is 9.53 Å². The van der Waals surface area contributed by atoms with Crippen molar-refractivity contribution in [3.8, 4) is 0 Å². The maximum Gasteiger partial charge on any atom is 0.326 e. The quantitative estimate of drug-likeness (QED) is 0.555. The molecular formula is C13H26N2O4. The van der Waals surface area contributed by atoms with Crippen LogP contribution in [0.25, 0.3) is 0 Å². The topological polar surface area (TPSA) is 87.7 Å². The molecule has 0 bridgehead atoms. The monoisotopic (exact) mass is 274 g/mol. The number of amides is 2. The molecule has 19 heavy (non-hydrogen) atoms. The Kier molecular flexibility index (Phi) is 8.95. The van der Waals surface area contributed by atoms with Gasteiger partial charge in [-0.1, -0.05) is 27.7 Å². The number of aliphatic carboxylic acids is 1. The molecule has 0 rings (SSSR count). The van der Waals surface area contributed by atoms with Gasteiger partial charge in [0.2, 0.25) is 0 Å². The van der Waals surface area contributed by atoms with Crippen molar-refractivity contribution in [2.24, 2.45) is 11.8 Å². The Bertz CT molecular complexity index is 280. The van der Waals surface area contributed by atoms with Crippen LogP contribution in [0.1, 0.15) is 34.1 Å². The summed E-state index contributed by atoms with van der Waals surface area (Å²) in [7, 11) is 0. The third kappa shape index (κ3) is 10.3. The minimum Gasteiger partial charge on any atom is -0.480 e. The SMILES string of the molecule is CC(C)COCCNC(=O)N[C@@H](CC(C)C)C(=O)O. The second kappa shape index (κ2) is 9.61. The van der Waals surface area contributed by atoms with Crippen LogP contribution in [0.5, 0.6) is 0 Å². The summed E-state index contributed by atoms with van der Waals surface area (Å²) in [4.78, 5) is 22.4. The van der Waals surface area contributed by atoms with E-state index < -0.39 is 18.0 Å². The van der Waals surface area contributed by atoms with Gasteiger partial charge >= 0.3 is 12.0 Å². The molecule has 0 aromatic heterocycles. The summed E-state index contributed by atoms with van der Waals surface area (Å²) in [6, 6.07) is -1.32. The molecule has 6 nitrogen and oxygen atoms in total. The third-order valence-corrected chi connectivity index (χ3v) is 2.29. The second-order valence-electron chi connectivity index (χ2n) is 5.39. The molecule has 6 heteroatoms. The number of carbonyl (C=O) groups excluding carboxylic acids is 1. The maximum absolute atomic E-state index is 11.5. The fourth-order valence-corrected chi connectivity index (χ4v) is 1.46. The van der Waals surface area contributed by atoms with E-state index in [4.69, 9.17) is 9.84 Å². The van der Waals surface area contributed by atoms with Crippen LogP contribution in [0.3, 0.4) is 0 Å². The largest absolute Gasteiger partial charge is 0.480 e. The molecule has 0 spiro atoms. The molecule has 0 saturated heterocycles. The van der Waals surface area contributed by atoms with Gasteiger partial charge in [-0.2, -0.15) is 0 Å². The number of carboxylic acids is 1. The van der Waals surface area contributed by atoms with Crippen LogP contribution in [0.4, 0.5) is 4.79 Å². The van der Waals surface area contributed by atoms with E-state index in [9.17, 15) is 9.59 Å². The number of ether oxygens (including phenoxy) is 1. The molecule has 112 valence electrons. The van der Waals surface area contributed by atoms with Gasteiger partial charge in [-0.25, -0.2) is 9.59 Å². The zero-order valence-corrected chi connectivity index (χ0v) is 12.2. The first-order valence-electron chi connectivity index (χ1n) is 6.67. The van der Waals surface area contributed by atoms with Gasteiger partial charge in [-0.15, -0.1) is 0 Å². The lowest BCUT2D eigenvalue weighted by molar-refractivity contribution is -0.139. The lowest BCUT2D eigenvalue weighted by Gasteiger charge is -2.17. The van der Waals surface area contributed by atoms with Gasteiger partial charge in [0.15, 0.2) is 0 Å². The van der Waals surface area contributed by atoms with Gasteiger partial charge in [0.05, 0.1) is 6.61 Å². The Morgan fingerprint density at radius 3 is 2.26 bits per heavy atom. The number of carboxylic acid groups (broad SMARTS) is 1. The first kappa shape index (κ1) is 17.7. The standard InChI is InChI=1S/C13H26N2O4/c1-9(2)7-11(12(16)17)15-13(18)14-5-6-19-8-10(3)4/h9-11H,5-8H2,1-4H3,(H,16,17)(H2,14,15,18)/t11-/m0/s1. The number of rotatable bonds is 9. The Hall–Kier alpha value is -1.30. The lowest BCUT2D eigenvalue weighted by Crippen LogP contribution is -2.47. The Morgan fingerprint density at radius 2 is 1.79 bits per heavy atom. The minimum absolute atomic E-state index is 0.204. The molecule has 0 radical (unpaired) electrons. The van der Waals surface area contributed by atoms with Gasteiger partial charge in [0.1, 0.15) is 6.04 Å². The fourth-order valence-electron chi connectivity index (χ4n) is 1.46. The summed E-state index contributed by atoms with van der Waals surface area (Å²) in [5.41, 5.74) is 0. The van der Waals surface area contributed by atoms with Gasteiger partial charge in [0.25, 0.3) is 0 Å². The zero-order chi connectivity index (χ0) is 14.8. The van der Waals surface area contributed by atoms with Crippen LogP contribution < -0.4 is 10.6 Å². The zero-order valence-electron chi connectivity index (χ0n) is 12.2. The highest BCUT2D eigenvalue weighted by Gasteiger charge is 2.20. The summed E-state index contributed by atoms with van der Waals surface area (Å²) in [5, 5.41) is 14.0. The molecule has 0 aliphatic heterocycles. The van der Waals surface area contributed by atoms with Crippen molar-refractivity contribution in [1.29, 1.82) is 0 Å². The van der Waals surface area contributed by atoms with E-state index in [1.54, 1.807) is 0 Å². The van der Waals surface area contributed by atoms with E-state index in [2.05, 4.69) is 10.6 Å². The van der Waals surface area contributed by atoms with E-state index in [-0.39, 0.29) is 5.92 Å². The molecule has 1 atom stereocenters. The van der Waals surface area contributed by atoms with Crippen molar-refractivity contribution in [2.75, 3.05) is 19.8 Å². The molecule has 0 heterocycles. The number of hydrogen-bond donors (Lipinski definition) is 3. The Morgan fingerprint density at radius 1 is 1.16 bits per heavy atom. The number of hydrogen-bond acceptors (Lipinski definition) is 3. The van der Waals surface area contributed by atoms with Crippen molar-refractivity contribution >= 4 is 12.0 Å². The van der Waals surface area contributed by atoms with Gasteiger partial charge in [-0.05, 0) is 18.3 Å². The highest BCUT2D eigenvalue weighted by Crippen LogP contribution is 2.04. The highest BCUT2D eigenvalue weighted by molar-refractivity contribution is 5.82. The molecule has 0 aliphatic rings. The first-order valence-corrected chi connectivity index (χ1v) is 6.67. The van der Waals surface area contributed by atoms with E-state index >= 15 is 0 Å². The fraction of sp³-hybridized carbons (Fsp3) is 0.846. The lowest BCUT2D eigenvalue weighted by atomic mass is 10.0. The predicted octanol–water partition coefficient (Wildman–Crippen LogP) is 1.46.